The van der Waals surface area contributed by atoms with Crippen molar-refractivity contribution >= 4 is 0 Å². The molecule has 24 heavy (non-hydrogen) atoms. The van der Waals surface area contributed by atoms with E-state index in [0.29, 0.717) is 58.9 Å². The van der Waals surface area contributed by atoms with Crippen molar-refractivity contribution in [2.75, 3.05) is 85.7 Å². The zero-order valence-electron chi connectivity index (χ0n) is 15.2. The van der Waals surface area contributed by atoms with Gasteiger partial charge in [0, 0.05) is 19.2 Å². The van der Waals surface area contributed by atoms with Crippen molar-refractivity contribution in [1.29, 1.82) is 0 Å². The van der Waals surface area contributed by atoms with Crippen LogP contribution >= 0.6 is 0 Å². The molecular weight excluding hydrogens is 312 g/mol. The molecule has 0 aromatic carbocycles. The second-order valence-electron chi connectivity index (χ2n) is 5.62. The van der Waals surface area contributed by atoms with E-state index < -0.39 is 0 Å². The van der Waals surface area contributed by atoms with Gasteiger partial charge in [-0.1, -0.05) is 0 Å². The Morgan fingerprint density at radius 2 is 1.17 bits per heavy atom. The van der Waals surface area contributed by atoms with E-state index >= 15 is 0 Å². The first kappa shape index (κ1) is 21.8. The minimum absolute atomic E-state index is 0.589. The summed E-state index contributed by atoms with van der Waals surface area (Å²) in [6, 6.07) is 0.645. The summed E-state index contributed by atoms with van der Waals surface area (Å²) in [4.78, 5) is 0. The highest BCUT2D eigenvalue weighted by molar-refractivity contribution is 4.73. The Bertz CT molecular complexity index is 253. The maximum absolute atomic E-state index is 5.54. The van der Waals surface area contributed by atoms with Crippen LogP contribution in [0, 0.1) is 0 Å². The summed E-state index contributed by atoms with van der Waals surface area (Å²) in [5.74, 6) is 0. The summed E-state index contributed by atoms with van der Waals surface area (Å²) in [5, 5.41) is 6.88. The van der Waals surface area contributed by atoms with Crippen LogP contribution in [0.15, 0.2) is 0 Å². The lowest BCUT2D eigenvalue weighted by Gasteiger charge is -2.23. The van der Waals surface area contributed by atoms with Crippen LogP contribution in [0.5, 0.6) is 0 Å². The van der Waals surface area contributed by atoms with Gasteiger partial charge < -0.3 is 34.3 Å². The monoisotopic (exact) mass is 348 g/mol. The van der Waals surface area contributed by atoms with Gasteiger partial charge >= 0.3 is 0 Å². The third kappa shape index (κ3) is 14.1. The van der Waals surface area contributed by atoms with Gasteiger partial charge in [-0.05, 0) is 32.9 Å². The average molecular weight is 348 g/mol. The lowest BCUT2D eigenvalue weighted by atomic mass is 10.1. The van der Waals surface area contributed by atoms with Crippen molar-refractivity contribution in [1.82, 2.24) is 10.6 Å². The maximum Gasteiger partial charge on any atom is 0.0701 e. The number of hydrogen-bond acceptors (Lipinski definition) is 7. The third-order valence-electron chi connectivity index (χ3n) is 3.71. The first-order valence-corrected chi connectivity index (χ1v) is 9.26. The van der Waals surface area contributed by atoms with Gasteiger partial charge in [-0.3, -0.25) is 0 Å². The van der Waals surface area contributed by atoms with Crippen molar-refractivity contribution < 1.29 is 23.7 Å². The van der Waals surface area contributed by atoms with E-state index in [1.807, 2.05) is 6.92 Å². The Hall–Kier alpha value is -0.280. The fourth-order valence-electron chi connectivity index (χ4n) is 2.39. The molecule has 0 radical (unpaired) electrons. The van der Waals surface area contributed by atoms with Crippen LogP contribution in [0.25, 0.3) is 0 Å². The smallest absolute Gasteiger partial charge is 0.0701 e. The Kier molecular flexibility index (Phi) is 15.9. The molecule has 0 aromatic rings. The highest BCUT2D eigenvalue weighted by Gasteiger charge is 2.10. The number of piperidine rings is 1. The first-order valence-electron chi connectivity index (χ1n) is 9.26. The van der Waals surface area contributed by atoms with E-state index in [0.717, 1.165) is 32.8 Å². The molecule has 7 heteroatoms. The summed E-state index contributed by atoms with van der Waals surface area (Å²) in [7, 11) is 0. The zero-order valence-corrected chi connectivity index (χ0v) is 15.2. The first-order chi connectivity index (χ1) is 11.9. The average Bonchev–Trinajstić information content (AvgIpc) is 2.62. The second kappa shape index (κ2) is 17.5. The SMILES string of the molecule is CCOCCOCCOCCOCCOCCNC1CCNCC1. The topological polar surface area (TPSA) is 70.2 Å². The van der Waals surface area contributed by atoms with Crippen LogP contribution in [0.4, 0.5) is 0 Å². The van der Waals surface area contributed by atoms with Crippen LogP contribution in [0.3, 0.4) is 0 Å². The van der Waals surface area contributed by atoms with Gasteiger partial charge in [0.15, 0.2) is 0 Å². The van der Waals surface area contributed by atoms with Gasteiger partial charge in [0.25, 0.3) is 0 Å². The molecule has 1 saturated heterocycles. The lowest BCUT2D eigenvalue weighted by molar-refractivity contribution is -0.0101. The molecule has 0 spiro atoms. The maximum atomic E-state index is 5.54. The molecule has 0 bridgehead atoms. The standard InChI is InChI=1S/C17H36N2O5/c1-2-20-9-10-22-13-14-24-16-15-23-12-11-21-8-7-19-17-3-5-18-6-4-17/h17-19H,2-16H2,1H3. The van der Waals surface area contributed by atoms with Crippen molar-refractivity contribution in [3.63, 3.8) is 0 Å². The highest BCUT2D eigenvalue weighted by Crippen LogP contribution is 2.00. The summed E-state index contributed by atoms with van der Waals surface area (Å²) in [6.07, 6.45) is 2.42. The van der Waals surface area contributed by atoms with Gasteiger partial charge in [0.1, 0.15) is 0 Å². The van der Waals surface area contributed by atoms with E-state index in [-0.39, 0.29) is 0 Å². The molecule has 2 N–H and O–H groups in total. The third-order valence-corrected chi connectivity index (χ3v) is 3.71. The predicted molar refractivity (Wildman–Crippen MR) is 93.7 cm³/mol. The van der Waals surface area contributed by atoms with Gasteiger partial charge in [0.2, 0.25) is 0 Å². The van der Waals surface area contributed by atoms with Crippen molar-refractivity contribution in [2.24, 2.45) is 0 Å². The van der Waals surface area contributed by atoms with Crippen LogP contribution < -0.4 is 10.6 Å². The van der Waals surface area contributed by atoms with Crippen molar-refractivity contribution in [3.8, 4) is 0 Å². The molecule has 1 fully saturated rings. The number of hydrogen-bond donors (Lipinski definition) is 2. The lowest BCUT2D eigenvalue weighted by Crippen LogP contribution is -2.41. The summed E-state index contributed by atoms with van der Waals surface area (Å²) in [6.45, 7) is 11.5. The number of nitrogens with one attached hydrogen (secondary N) is 2. The number of ether oxygens (including phenoxy) is 5. The number of rotatable bonds is 17. The molecule has 1 aliphatic heterocycles. The van der Waals surface area contributed by atoms with Gasteiger partial charge in [-0.2, -0.15) is 0 Å². The predicted octanol–water partition coefficient (Wildman–Crippen LogP) is 0.431. The molecular formula is C17H36N2O5. The molecule has 0 amide bonds. The van der Waals surface area contributed by atoms with Crippen molar-refractivity contribution in [3.05, 3.63) is 0 Å². The van der Waals surface area contributed by atoms with Crippen molar-refractivity contribution in [2.45, 2.75) is 25.8 Å². The van der Waals surface area contributed by atoms with E-state index in [2.05, 4.69) is 10.6 Å². The Labute approximate surface area is 146 Å². The molecule has 0 aromatic heterocycles. The van der Waals surface area contributed by atoms with E-state index in [1.54, 1.807) is 0 Å². The minimum Gasteiger partial charge on any atom is -0.379 e. The summed E-state index contributed by atoms with van der Waals surface area (Å²) < 4.78 is 26.9. The zero-order chi connectivity index (χ0) is 17.1. The van der Waals surface area contributed by atoms with Crippen LogP contribution in [0.2, 0.25) is 0 Å². The molecule has 1 aliphatic rings. The molecule has 0 atom stereocenters. The molecule has 144 valence electrons. The van der Waals surface area contributed by atoms with Crippen LogP contribution in [0.1, 0.15) is 19.8 Å². The fraction of sp³-hybridized carbons (Fsp3) is 1.00. The Morgan fingerprint density at radius 1 is 0.708 bits per heavy atom. The fourth-order valence-corrected chi connectivity index (χ4v) is 2.39. The minimum atomic E-state index is 0.589. The van der Waals surface area contributed by atoms with Crippen LogP contribution in [-0.4, -0.2) is 91.7 Å². The van der Waals surface area contributed by atoms with Gasteiger partial charge in [-0.25, -0.2) is 0 Å². The Morgan fingerprint density at radius 3 is 1.67 bits per heavy atom. The molecule has 0 saturated carbocycles. The van der Waals surface area contributed by atoms with E-state index in [9.17, 15) is 0 Å². The molecule has 1 heterocycles. The molecule has 1 rings (SSSR count). The van der Waals surface area contributed by atoms with E-state index in [1.165, 1.54) is 12.8 Å². The van der Waals surface area contributed by atoms with Gasteiger partial charge in [-0.15, -0.1) is 0 Å². The van der Waals surface area contributed by atoms with E-state index in [4.69, 9.17) is 23.7 Å². The Balaban J connectivity index is 1.66. The van der Waals surface area contributed by atoms with Crippen LogP contribution in [-0.2, 0) is 23.7 Å². The summed E-state index contributed by atoms with van der Waals surface area (Å²) >= 11 is 0. The summed E-state index contributed by atoms with van der Waals surface area (Å²) in [5.41, 5.74) is 0. The molecule has 7 nitrogen and oxygen atoms in total. The quantitative estimate of drug-likeness (QED) is 0.369. The largest absolute Gasteiger partial charge is 0.379 e. The molecule has 0 aliphatic carbocycles. The second-order valence-corrected chi connectivity index (χ2v) is 5.62. The normalized spacial score (nSPS) is 15.9. The highest BCUT2D eigenvalue weighted by atomic mass is 16.6. The molecule has 0 unspecified atom stereocenters. The van der Waals surface area contributed by atoms with Gasteiger partial charge in [0.05, 0.1) is 59.5 Å².